The minimum atomic E-state index is -0.852. The first kappa shape index (κ1) is 24.8. The lowest BCUT2D eigenvalue weighted by molar-refractivity contribution is -0.133. The number of nitrogens with two attached hydrogens (primary N) is 1. The highest BCUT2D eigenvalue weighted by Crippen LogP contribution is 2.54. The number of benzene rings is 2. The predicted octanol–water partition coefficient (Wildman–Crippen LogP) is 3.93. The largest absolute Gasteiger partial charge is 0.504 e. The molecule has 0 bridgehead atoms. The molecule has 1 aliphatic heterocycles. The van der Waals surface area contributed by atoms with E-state index in [1.54, 1.807) is 19.2 Å². The fraction of sp³-hybridized carbons (Fsp3) is 0.458. The van der Waals surface area contributed by atoms with Crippen LogP contribution in [0.2, 0.25) is 0 Å². The van der Waals surface area contributed by atoms with Crippen LogP contribution >= 0.6 is 12.4 Å². The lowest BCUT2D eigenvalue weighted by atomic mass is 9.57. The van der Waals surface area contributed by atoms with E-state index in [4.69, 9.17) is 10.5 Å². The van der Waals surface area contributed by atoms with Crippen LogP contribution in [-0.4, -0.2) is 36.3 Å². The van der Waals surface area contributed by atoms with Crippen molar-refractivity contribution in [3.8, 4) is 17.2 Å². The van der Waals surface area contributed by atoms with E-state index in [1.807, 2.05) is 24.3 Å². The molecule has 1 fully saturated rings. The van der Waals surface area contributed by atoms with Gasteiger partial charge in [0.15, 0.2) is 11.5 Å². The first-order chi connectivity index (χ1) is 14.5. The molecule has 5 N–H and O–H groups in total. The minimum absolute atomic E-state index is 0. The van der Waals surface area contributed by atoms with E-state index in [0.717, 1.165) is 43.5 Å². The van der Waals surface area contributed by atoms with E-state index in [1.165, 1.54) is 6.07 Å². The molecule has 1 aliphatic rings. The molecule has 2 unspecified atom stereocenters. The summed E-state index contributed by atoms with van der Waals surface area (Å²) >= 11 is 0. The highest BCUT2D eigenvalue weighted by atomic mass is 35.5. The maximum absolute atomic E-state index is 13.3. The van der Waals surface area contributed by atoms with Crippen molar-refractivity contribution in [1.29, 1.82) is 0 Å². The first-order valence-electron chi connectivity index (χ1n) is 10.6. The molecule has 0 spiro atoms. The summed E-state index contributed by atoms with van der Waals surface area (Å²) < 4.78 is 5.67. The zero-order valence-corrected chi connectivity index (χ0v) is 19.0. The molecule has 3 rings (SSSR count). The van der Waals surface area contributed by atoms with Crippen molar-refractivity contribution < 1.29 is 19.7 Å². The number of halogens is 1. The molecule has 6 nitrogen and oxygen atoms in total. The summed E-state index contributed by atoms with van der Waals surface area (Å²) in [5, 5.41) is 23.5. The van der Waals surface area contributed by atoms with Gasteiger partial charge in [-0.05, 0) is 62.0 Å². The van der Waals surface area contributed by atoms with Crippen LogP contribution in [0.3, 0.4) is 0 Å². The molecule has 0 saturated carbocycles. The quantitative estimate of drug-likeness (QED) is 0.458. The number of amides is 1. The van der Waals surface area contributed by atoms with Gasteiger partial charge in [-0.1, -0.05) is 37.6 Å². The number of ether oxygens (including phenoxy) is 1. The molecule has 0 aromatic heterocycles. The topological polar surface area (TPSA) is 105 Å². The molecule has 2 atom stereocenters. The Kier molecular flexibility index (Phi) is 8.60. The lowest BCUT2D eigenvalue weighted by Gasteiger charge is -2.46. The molecule has 170 valence electrons. The van der Waals surface area contributed by atoms with Gasteiger partial charge in [0, 0.05) is 11.5 Å². The van der Waals surface area contributed by atoms with Gasteiger partial charge < -0.3 is 26.0 Å². The summed E-state index contributed by atoms with van der Waals surface area (Å²) in [4.78, 5) is 13.3. The highest BCUT2D eigenvalue weighted by molar-refractivity contribution is 5.85. The van der Waals surface area contributed by atoms with Gasteiger partial charge in [-0.2, -0.15) is 0 Å². The minimum Gasteiger partial charge on any atom is -0.504 e. The zero-order chi connectivity index (χ0) is 21.7. The second kappa shape index (κ2) is 10.7. The van der Waals surface area contributed by atoms with Gasteiger partial charge in [0.1, 0.15) is 5.75 Å². The van der Waals surface area contributed by atoms with Gasteiger partial charge in [-0.25, -0.2) is 0 Å². The van der Waals surface area contributed by atoms with Crippen molar-refractivity contribution in [3.05, 3.63) is 53.6 Å². The second-order valence-electron chi connectivity index (χ2n) is 8.10. The Morgan fingerprint density at radius 2 is 1.87 bits per heavy atom. The van der Waals surface area contributed by atoms with Crippen LogP contribution in [0.15, 0.2) is 42.5 Å². The molecular weight excluding hydrogens is 416 g/mol. The number of phenols is 2. The Labute approximate surface area is 190 Å². The summed E-state index contributed by atoms with van der Waals surface area (Å²) in [6.45, 7) is 3.73. The van der Waals surface area contributed by atoms with Gasteiger partial charge in [-0.15, -0.1) is 12.4 Å². The van der Waals surface area contributed by atoms with Crippen molar-refractivity contribution in [3.63, 3.8) is 0 Å². The van der Waals surface area contributed by atoms with E-state index in [0.29, 0.717) is 12.2 Å². The predicted molar refractivity (Wildman–Crippen MR) is 124 cm³/mol. The monoisotopic (exact) mass is 448 g/mol. The summed E-state index contributed by atoms with van der Waals surface area (Å²) in [6.07, 6.45) is 3.11. The zero-order valence-electron chi connectivity index (χ0n) is 18.1. The third-order valence-corrected chi connectivity index (χ3v) is 6.49. The van der Waals surface area contributed by atoms with Crippen LogP contribution in [0.1, 0.15) is 49.7 Å². The van der Waals surface area contributed by atoms with Crippen molar-refractivity contribution in [2.75, 3.05) is 20.2 Å². The number of nitrogens with one attached hydrogen (secondary N) is 1. The number of hydrogen-bond acceptors (Lipinski definition) is 5. The number of primary amides is 1. The molecular formula is C24H33ClN2O4. The molecule has 7 heteroatoms. The number of phenolic OH excluding ortho intramolecular Hbond substituents is 2. The van der Waals surface area contributed by atoms with Crippen molar-refractivity contribution in [2.45, 2.75) is 38.5 Å². The maximum Gasteiger partial charge on any atom is 0.224 e. The molecule has 1 saturated heterocycles. The highest BCUT2D eigenvalue weighted by Gasteiger charge is 2.51. The molecule has 1 amide bonds. The molecule has 0 radical (unpaired) electrons. The number of hydrogen-bond donors (Lipinski definition) is 4. The summed E-state index contributed by atoms with van der Waals surface area (Å²) in [5.74, 6) is -0.402. The van der Waals surface area contributed by atoms with Crippen LogP contribution in [0.4, 0.5) is 0 Å². The van der Waals surface area contributed by atoms with Crippen LogP contribution in [0.25, 0.3) is 0 Å². The van der Waals surface area contributed by atoms with E-state index < -0.39 is 11.3 Å². The third-order valence-electron chi connectivity index (χ3n) is 6.49. The number of piperidine rings is 1. The number of aromatic hydroxyl groups is 2. The summed E-state index contributed by atoms with van der Waals surface area (Å²) in [5.41, 5.74) is 6.95. The van der Waals surface area contributed by atoms with Crippen molar-refractivity contribution in [2.24, 2.45) is 17.1 Å². The van der Waals surface area contributed by atoms with Crippen LogP contribution in [0, 0.1) is 11.3 Å². The van der Waals surface area contributed by atoms with E-state index in [9.17, 15) is 15.0 Å². The van der Waals surface area contributed by atoms with Crippen LogP contribution in [0.5, 0.6) is 17.2 Å². The standard InChI is InChI=1S/C24H32N2O4.ClH/c1-3-12-24(23(25)29,17-10-13-26-14-11-17)22(16-8-9-19(27)20(28)15-16)18-6-4-5-7-21(18)30-2;/h4-9,15,17,22,26-28H,3,10-14H2,1-2H3,(H2,25,29);1H. The molecule has 0 aliphatic carbocycles. The number of methoxy groups -OCH3 is 1. The average Bonchev–Trinajstić information content (AvgIpc) is 2.76. The SMILES string of the molecule is CCCC(C(N)=O)(C1CCNCC1)C(c1ccc(O)c(O)c1)c1ccccc1OC.Cl. The van der Waals surface area contributed by atoms with Crippen molar-refractivity contribution in [1.82, 2.24) is 5.32 Å². The number of para-hydroxylation sites is 1. The fourth-order valence-electron chi connectivity index (χ4n) is 5.18. The van der Waals surface area contributed by atoms with Gasteiger partial charge in [0.2, 0.25) is 5.91 Å². The maximum atomic E-state index is 13.3. The number of carbonyl (C=O) groups excluding carboxylic acids is 1. The Hall–Kier alpha value is -2.44. The second-order valence-corrected chi connectivity index (χ2v) is 8.10. The first-order valence-corrected chi connectivity index (χ1v) is 10.6. The molecule has 2 aromatic carbocycles. The molecule has 1 heterocycles. The Bertz CT molecular complexity index is 886. The van der Waals surface area contributed by atoms with Gasteiger partial charge in [-0.3, -0.25) is 4.79 Å². The van der Waals surface area contributed by atoms with E-state index in [-0.39, 0.29) is 35.7 Å². The van der Waals surface area contributed by atoms with Crippen LogP contribution < -0.4 is 15.8 Å². The fourth-order valence-corrected chi connectivity index (χ4v) is 5.18. The average molecular weight is 449 g/mol. The number of rotatable bonds is 8. The Balaban J connectivity index is 0.00000341. The Morgan fingerprint density at radius 1 is 1.19 bits per heavy atom. The van der Waals surface area contributed by atoms with E-state index >= 15 is 0 Å². The van der Waals surface area contributed by atoms with Gasteiger partial charge in [0.05, 0.1) is 12.5 Å². The normalized spacial score (nSPS) is 17.2. The number of carbonyl (C=O) groups is 1. The molecule has 31 heavy (non-hydrogen) atoms. The molecule has 2 aromatic rings. The third kappa shape index (κ3) is 4.75. The Morgan fingerprint density at radius 3 is 2.45 bits per heavy atom. The van der Waals surface area contributed by atoms with Gasteiger partial charge in [0.25, 0.3) is 0 Å². The lowest BCUT2D eigenvalue weighted by Crippen LogP contribution is -2.51. The van der Waals surface area contributed by atoms with Crippen LogP contribution in [-0.2, 0) is 4.79 Å². The smallest absolute Gasteiger partial charge is 0.224 e. The summed E-state index contributed by atoms with van der Waals surface area (Å²) in [7, 11) is 1.61. The van der Waals surface area contributed by atoms with E-state index in [2.05, 4.69) is 12.2 Å². The summed E-state index contributed by atoms with van der Waals surface area (Å²) in [6, 6.07) is 12.4. The van der Waals surface area contributed by atoms with Gasteiger partial charge >= 0.3 is 0 Å². The van der Waals surface area contributed by atoms with Crippen molar-refractivity contribution >= 4 is 18.3 Å².